The summed E-state index contributed by atoms with van der Waals surface area (Å²) in [6, 6.07) is 5.13. The molecule has 1 aromatic carbocycles. The first-order chi connectivity index (χ1) is 14.3. The van der Waals surface area contributed by atoms with Crippen LogP contribution in [-0.4, -0.2) is 26.7 Å². The van der Waals surface area contributed by atoms with Gasteiger partial charge in [0.1, 0.15) is 10.7 Å². The van der Waals surface area contributed by atoms with Crippen LogP contribution in [0, 0.1) is 30.1 Å². The van der Waals surface area contributed by atoms with E-state index in [-0.39, 0.29) is 23.6 Å². The van der Waals surface area contributed by atoms with Crippen molar-refractivity contribution in [3.8, 4) is 0 Å². The van der Waals surface area contributed by atoms with Gasteiger partial charge in [0.25, 0.3) is 10.0 Å². The Labute approximate surface area is 179 Å². The molecule has 7 heteroatoms. The smallest absolute Gasteiger partial charge is 0.286 e. The molecule has 0 saturated heterocycles. The van der Waals surface area contributed by atoms with Crippen molar-refractivity contribution < 1.29 is 13.2 Å². The van der Waals surface area contributed by atoms with E-state index in [0.717, 1.165) is 36.3 Å². The summed E-state index contributed by atoms with van der Waals surface area (Å²) in [5.74, 6) is 3.09. The maximum atomic E-state index is 12.4. The monoisotopic (exact) mass is 429 g/mol. The Morgan fingerprint density at radius 3 is 2.50 bits per heavy atom. The zero-order valence-electron chi connectivity index (χ0n) is 17.6. The molecule has 0 radical (unpaired) electrons. The van der Waals surface area contributed by atoms with Crippen LogP contribution in [0.1, 0.15) is 63.4 Å². The number of aryl methyl sites for hydroxylation is 1. The summed E-state index contributed by atoms with van der Waals surface area (Å²) in [7, 11) is -3.71. The van der Waals surface area contributed by atoms with E-state index >= 15 is 0 Å². The number of rotatable bonds is 6. The number of amidine groups is 1. The first-order valence-corrected chi connectivity index (χ1v) is 12.7. The normalized spacial score (nSPS) is 32.8. The first kappa shape index (κ1) is 20.0. The number of carbonyl (C=O) groups is 1. The number of hydrogen-bond acceptors (Lipinski definition) is 4. The molecule has 1 aromatic rings. The van der Waals surface area contributed by atoms with Crippen LogP contribution in [0.4, 0.5) is 5.69 Å². The minimum absolute atomic E-state index is 0.0309. The topological polar surface area (TPSA) is 87.6 Å². The van der Waals surface area contributed by atoms with Gasteiger partial charge in [-0.1, -0.05) is 6.07 Å². The maximum absolute atomic E-state index is 12.4. The van der Waals surface area contributed by atoms with E-state index in [2.05, 4.69) is 15.0 Å². The zero-order chi connectivity index (χ0) is 20.9. The van der Waals surface area contributed by atoms with Gasteiger partial charge in [-0.15, -0.1) is 4.40 Å². The number of hydrogen-bond donors (Lipinski definition) is 2. The second-order valence-corrected chi connectivity index (χ2v) is 11.7. The molecule has 0 aromatic heterocycles. The third-order valence-corrected chi connectivity index (χ3v) is 9.03. The van der Waals surface area contributed by atoms with Gasteiger partial charge in [-0.05, 0) is 92.7 Å². The molecule has 162 valence electrons. The maximum Gasteiger partial charge on any atom is 0.286 e. The van der Waals surface area contributed by atoms with Gasteiger partial charge in [-0.25, -0.2) is 0 Å². The Balaban J connectivity index is 1.13. The molecule has 1 heterocycles. The minimum atomic E-state index is -3.71. The van der Waals surface area contributed by atoms with Crippen LogP contribution in [0.2, 0.25) is 0 Å². The molecule has 0 spiro atoms. The lowest BCUT2D eigenvalue weighted by Crippen LogP contribution is -2.47. The quantitative estimate of drug-likeness (QED) is 0.715. The second-order valence-electron chi connectivity index (χ2n) is 10.2. The highest BCUT2D eigenvalue weighted by Crippen LogP contribution is 2.61. The third-order valence-electron chi connectivity index (χ3n) is 7.65. The minimum Gasteiger partial charge on any atom is -0.356 e. The molecule has 5 aliphatic rings. The molecule has 1 amide bonds. The number of anilines is 1. The highest BCUT2D eigenvalue weighted by atomic mass is 32.2. The van der Waals surface area contributed by atoms with Crippen LogP contribution < -0.4 is 10.6 Å². The van der Waals surface area contributed by atoms with Crippen molar-refractivity contribution in [2.45, 2.75) is 69.6 Å². The van der Waals surface area contributed by atoms with Crippen molar-refractivity contribution in [2.75, 3.05) is 11.9 Å². The average Bonchev–Trinajstić information content (AvgIpc) is 2.64. The Bertz CT molecular complexity index is 964. The van der Waals surface area contributed by atoms with Gasteiger partial charge < -0.3 is 10.6 Å². The van der Waals surface area contributed by atoms with Gasteiger partial charge in [-0.3, -0.25) is 4.79 Å². The van der Waals surface area contributed by atoms with Gasteiger partial charge in [0, 0.05) is 19.4 Å². The Kier molecular flexibility index (Phi) is 4.92. The van der Waals surface area contributed by atoms with E-state index in [1.807, 2.05) is 6.92 Å². The fourth-order valence-corrected chi connectivity index (χ4v) is 7.98. The van der Waals surface area contributed by atoms with Gasteiger partial charge in [0.05, 0.1) is 5.69 Å². The summed E-state index contributed by atoms with van der Waals surface area (Å²) in [5.41, 5.74) is 1.98. The number of sulfonamides is 1. The number of benzene rings is 1. The first-order valence-electron chi connectivity index (χ1n) is 11.3. The number of nitrogens with zero attached hydrogens (tertiary/aromatic N) is 1. The highest BCUT2D eigenvalue weighted by molar-refractivity contribution is 7.90. The summed E-state index contributed by atoms with van der Waals surface area (Å²) in [4.78, 5) is 12.6. The van der Waals surface area contributed by atoms with E-state index in [0.29, 0.717) is 16.9 Å². The predicted molar refractivity (Wildman–Crippen MR) is 117 cm³/mol. The molecule has 0 atom stereocenters. The lowest BCUT2D eigenvalue weighted by Gasteiger charge is -2.57. The third kappa shape index (κ3) is 3.88. The summed E-state index contributed by atoms with van der Waals surface area (Å²) in [6.45, 7) is 2.64. The molecule has 4 fully saturated rings. The van der Waals surface area contributed by atoms with Crippen LogP contribution in [0.15, 0.2) is 27.5 Å². The summed E-state index contributed by atoms with van der Waals surface area (Å²) in [6.07, 6.45) is 9.98. The Hall–Kier alpha value is -1.89. The van der Waals surface area contributed by atoms with Crippen LogP contribution in [-0.2, 0) is 14.8 Å². The van der Waals surface area contributed by atoms with Crippen LogP contribution in [0.3, 0.4) is 0 Å². The fourth-order valence-electron chi connectivity index (χ4n) is 6.83. The van der Waals surface area contributed by atoms with Gasteiger partial charge in [0.15, 0.2) is 0 Å². The number of amides is 1. The lowest BCUT2D eigenvalue weighted by molar-refractivity contribution is -0.121. The Morgan fingerprint density at radius 2 is 1.83 bits per heavy atom. The molecule has 4 bridgehead atoms. The molecule has 30 heavy (non-hydrogen) atoms. The van der Waals surface area contributed by atoms with Crippen LogP contribution in [0.5, 0.6) is 0 Å². The van der Waals surface area contributed by atoms with E-state index in [1.165, 1.54) is 38.5 Å². The van der Waals surface area contributed by atoms with Crippen molar-refractivity contribution in [3.63, 3.8) is 0 Å². The van der Waals surface area contributed by atoms with E-state index in [1.54, 1.807) is 18.2 Å². The van der Waals surface area contributed by atoms with Crippen LogP contribution >= 0.6 is 0 Å². The molecule has 2 N–H and O–H groups in total. The van der Waals surface area contributed by atoms with E-state index in [4.69, 9.17) is 0 Å². The SMILES string of the molecule is Cc1ccc2c(c1)NC(CCC(=O)NCCC13CC4CC(CC(C4)C1)C3)=NS2(=O)=O. The second kappa shape index (κ2) is 7.36. The summed E-state index contributed by atoms with van der Waals surface area (Å²) >= 11 is 0. The molecule has 0 unspecified atom stereocenters. The fraction of sp³-hybridized carbons (Fsp3) is 0.652. The number of fused-ring (bicyclic) bond motifs is 1. The van der Waals surface area contributed by atoms with Crippen molar-refractivity contribution in [1.29, 1.82) is 0 Å². The van der Waals surface area contributed by atoms with Crippen molar-refractivity contribution >= 4 is 27.5 Å². The summed E-state index contributed by atoms with van der Waals surface area (Å²) < 4.78 is 28.6. The largest absolute Gasteiger partial charge is 0.356 e. The van der Waals surface area contributed by atoms with Gasteiger partial charge in [-0.2, -0.15) is 8.42 Å². The van der Waals surface area contributed by atoms with Crippen molar-refractivity contribution in [1.82, 2.24) is 5.32 Å². The molecule has 6 nitrogen and oxygen atoms in total. The molecule has 4 aliphatic carbocycles. The molecular weight excluding hydrogens is 398 g/mol. The lowest BCUT2D eigenvalue weighted by atomic mass is 9.49. The van der Waals surface area contributed by atoms with Crippen LogP contribution in [0.25, 0.3) is 0 Å². The number of carbonyl (C=O) groups excluding carboxylic acids is 1. The standard InChI is InChI=1S/C23H31N3O3S/c1-15-2-3-20-19(8-15)25-21(26-30(20,28)29)4-5-22(27)24-7-6-23-12-16-9-17(13-23)11-18(10-16)14-23/h2-3,8,16-18H,4-7,9-14H2,1H3,(H,24,27)(H,25,26). The predicted octanol–water partition coefficient (Wildman–Crippen LogP) is 4.01. The van der Waals surface area contributed by atoms with E-state index in [9.17, 15) is 13.2 Å². The molecule has 1 aliphatic heterocycles. The van der Waals surface area contributed by atoms with Crippen molar-refractivity contribution in [2.24, 2.45) is 27.6 Å². The number of nitrogens with one attached hydrogen (secondary N) is 2. The molecule has 6 rings (SSSR count). The van der Waals surface area contributed by atoms with Gasteiger partial charge in [0.2, 0.25) is 5.91 Å². The van der Waals surface area contributed by atoms with Gasteiger partial charge >= 0.3 is 0 Å². The summed E-state index contributed by atoms with van der Waals surface area (Å²) in [5, 5.41) is 6.16. The average molecular weight is 430 g/mol. The Morgan fingerprint density at radius 1 is 1.17 bits per heavy atom. The molecular formula is C23H31N3O3S. The highest BCUT2D eigenvalue weighted by Gasteiger charge is 2.50. The van der Waals surface area contributed by atoms with Crippen molar-refractivity contribution in [3.05, 3.63) is 23.8 Å². The van der Waals surface area contributed by atoms with E-state index < -0.39 is 10.0 Å². The zero-order valence-corrected chi connectivity index (χ0v) is 18.4. The molecule has 4 saturated carbocycles.